The number of nitrogens with zero attached hydrogens (tertiary/aromatic N) is 2. The highest BCUT2D eigenvalue weighted by atomic mass is 19.4. The molecule has 0 radical (unpaired) electrons. The van der Waals surface area contributed by atoms with Crippen LogP contribution in [-0.4, -0.2) is 48.4 Å². The fourth-order valence-electron chi connectivity index (χ4n) is 3.24. The van der Waals surface area contributed by atoms with E-state index < -0.39 is 11.7 Å². The van der Waals surface area contributed by atoms with Gasteiger partial charge in [0.15, 0.2) is 0 Å². The number of halogens is 3. The molecular formula is C21H24F3N3O. The number of hydrogen-bond acceptors (Lipinski definition) is 3. The third-order valence-corrected chi connectivity index (χ3v) is 4.86. The first-order valence-corrected chi connectivity index (χ1v) is 9.36. The highest BCUT2D eigenvalue weighted by Crippen LogP contribution is 2.29. The van der Waals surface area contributed by atoms with Gasteiger partial charge in [-0.05, 0) is 29.8 Å². The van der Waals surface area contributed by atoms with Crippen molar-refractivity contribution in [2.45, 2.75) is 19.1 Å². The molecule has 0 aromatic heterocycles. The quantitative estimate of drug-likeness (QED) is 0.813. The van der Waals surface area contributed by atoms with E-state index in [1.807, 2.05) is 18.2 Å². The van der Waals surface area contributed by atoms with Crippen molar-refractivity contribution in [3.8, 4) is 0 Å². The molecule has 28 heavy (non-hydrogen) atoms. The molecule has 1 amide bonds. The summed E-state index contributed by atoms with van der Waals surface area (Å²) in [5, 5.41) is 2.66. The van der Waals surface area contributed by atoms with Gasteiger partial charge in [0.1, 0.15) is 0 Å². The number of amides is 1. The summed E-state index contributed by atoms with van der Waals surface area (Å²) in [5.74, 6) is -0.188. The Morgan fingerprint density at radius 3 is 2.11 bits per heavy atom. The molecule has 7 heteroatoms. The van der Waals surface area contributed by atoms with Gasteiger partial charge in [-0.15, -0.1) is 0 Å². The molecular weight excluding hydrogens is 367 g/mol. The normalized spacial score (nSPS) is 16.1. The fraction of sp³-hybridized carbons (Fsp3) is 0.381. The van der Waals surface area contributed by atoms with Crippen LogP contribution >= 0.6 is 0 Å². The van der Waals surface area contributed by atoms with E-state index in [-0.39, 0.29) is 5.91 Å². The smallest absolute Gasteiger partial charge is 0.326 e. The standard InChI is InChI=1S/C21H24F3N3O/c22-21(23,24)18-6-8-19(9-7-18)25-20(28)10-11-26-12-14-27(15-13-26)16-17-4-2-1-3-5-17/h1-9H,10-16H2,(H,25,28). The minimum atomic E-state index is -4.37. The second kappa shape index (κ2) is 9.21. The number of nitrogens with one attached hydrogen (secondary N) is 1. The lowest BCUT2D eigenvalue weighted by atomic mass is 10.2. The van der Waals surface area contributed by atoms with Gasteiger partial charge in [-0.1, -0.05) is 30.3 Å². The average Bonchev–Trinajstić information content (AvgIpc) is 2.68. The van der Waals surface area contributed by atoms with E-state index in [9.17, 15) is 18.0 Å². The molecule has 1 aliphatic heterocycles. The van der Waals surface area contributed by atoms with Crippen LogP contribution in [0.15, 0.2) is 54.6 Å². The van der Waals surface area contributed by atoms with Gasteiger partial charge >= 0.3 is 6.18 Å². The molecule has 0 unspecified atom stereocenters. The van der Waals surface area contributed by atoms with Crippen molar-refractivity contribution in [3.63, 3.8) is 0 Å². The van der Waals surface area contributed by atoms with Gasteiger partial charge in [0, 0.05) is 51.4 Å². The Kier molecular flexibility index (Phi) is 6.70. The van der Waals surface area contributed by atoms with E-state index in [0.29, 0.717) is 18.7 Å². The van der Waals surface area contributed by atoms with Crippen LogP contribution in [0.3, 0.4) is 0 Å². The van der Waals surface area contributed by atoms with Crippen LogP contribution in [0.2, 0.25) is 0 Å². The minimum absolute atomic E-state index is 0.188. The number of carbonyl (C=O) groups excluding carboxylic acids is 1. The van der Waals surface area contributed by atoms with Crippen molar-refractivity contribution in [3.05, 3.63) is 65.7 Å². The van der Waals surface area contributed by atoms with Crippen molar-refractivity contribution in [2.24, 2.45) is 0 Å². The van der Waals surface area contributed by atoms with Gasteiger partial charge in [0.2, 0.25) is 5.91 Å². The van der Waals surface area contributed by atoms with Gasteiger partial charge in [-0.3, -0.25) is 9.69 Å². The predicted molar refractivity (Wildman–Crippen MR) is 103 cm³/mol. The Morgan fingerprint density at radius 2 is 1.50 bits per heavy atom. The Labute approximate surface area is 162 Å². The van der Waals surface area contributed by atoms with Gasteiger partial charge in [-0.2, -0.15) is 13.2 Å². The zero-order valence-corrected chi connectivity index (χ0v) is 15.6. The Balaban J connectivity index is 1.37. The molecule has 2 aromatic rings. The molecule has 1 N–H and O–H groups in total. The minimum Gasteiger partial charge on any atom is -0.326 e. The summed E-state index contributed by atoms with van der Waals surface area (Å²) in [6.45, 7) is 5.29. The maximum Gasteiger partial charge on any atom is 0.416 e. The summed E-state index contributed by atoms with van der Waals surface area (Å²) in [4.78, 5) is 16.7. The summed E-state index contributed by atoms with van der Waals surface area (Å²) < 4.78 is 37.7. The maximum atomic E-state index is 12.6. The zero-order valence-electron chi connectivity index (χ0n) is 15.6. The molecule has 1 aliphatic rings. The third-order valence-electron chi connectivity index (χ3n) is 4.86. The summed E-state index contributed by atoms with van der Waals surface area (Å²) in [7, 11) is 0. The average molecular weight is 391 g/mol. The van der Waals surface area contributed by atoms with Gasteiger partial charge in [0.05, 0.1) is 5.56 Å². The van der Waals surface area contributed by atoms with E-state index in [1.54, 1.807) is 0 Å². The third kappa shape index (κ3) is 6.07. The van der Waals surface area contributed by atoms with Crippen LogP contribution < -0.4 is 5.32 Å². The molecule has 1 fully saturated rings. The zero-order chi connectivity index (χ0) is 20.0. The molecule has 0 atom stereocenters. The Morgan fingerprint density at radius 1 is 0.893 bits per heavy atom. The summed E-state index contributed by atoms with van der Waals surface area (Å²) in [6.07, 6.45) is -4.05. The molecule has 0 saturated carbocycles. The van der Waals surface area contributed by atoms with Crippen molar-refractivity contribution in [1.29, 1.82) is 0 Å². The molecule has 1 heterocycles. The highest BCUT2D eigenvalue weighted by Gasteiger charge is 2.30. The van der Waals surface area contributed by atoms with Crippen molar-refractivity contribution >= 4 is 11.6 Å². The highest BCUT2D eigenvalue weighted by molar-refractivity contribution is 5.90. The number of anilines is 1. The number of rotatable bonds is 6. The molecule has 0 spiro atoms. The number of piperazine rings is 1. The molecule has 1 saturated heterocycles. The van der Waals surface area contributed by atoms with Crippen LogP contribution in [0.4, 0.5) is 18.9 Å². The monoisotopic (exact) mass is 391 g/mol. The largest absolute Gasteiger partial charge is 0.416 e. The number of carbonyl (C=O) groups is 1. The Bertz CT molecular complexity index is 755. The van der Waals surface area contributed by atoms with Crippen LogP contribution in [-0.2, 0) is 17.5 Å². The lowest BCUT2D eigenvalue weighted by Gasteiger charge is -2.34. The van der Waals surface area contributed by atoms with Crippen molar-refractivity contribution in [2.75, 3.05) is 38.0 Å². The molecule has 150 valence electrons. The van der Waals surface area contributed by atoms with E-state index in [4.69, 9.17) is 0 Å². The topological polar surface area (TPSA) is 35.6 Å². The van der Waals surface area contributed by atoms with Gasteiger partial charge in [-0.25, -0.2) is 0 Å². The lowest BCUT2D eigenvalue weighted by Crippen LogP contribution is -2.46. The van der Waals surface area contributed by atoms with Crippen molar-refractivity contribution < 1.29 is 18.0 Å². The molecule has 0 aliphatic carbocycles. The number of alkyl halides is 3. The fourth-order valence-corrected chi connectivity index (χ4v) is 3.24. The van der Waals surface area contributed by atoms with E-state index in [1.165, 1.54) is 17.7 Å². The Hall–Kier alpha value is -2.38. The summed E-state index contributed by atoms with van der Waals surface area (Å²) >= 11 is 0. The van der Waals surface area contributed by atoms with E-state index in [0.717, 1.165) is 44.9 Å². The second-order valence-electron chi connectivity index (χ2n) is 6.98. The lowest BCUT2D eigenvalue weighted by molar-refractivity contribution is -0.137. The first-order valence-electron chi connectivity index (χ1n) is 9.36. The SMILES string of the molecule is O=C(CCN1CCN(Cc2ccccc2)CC1)Nc1ccc(C(F)(F)F)cc1. The summed E-state index contributed by atoms with van der Waals surface area (Å²) in [5.41, 5.74) is 0.955. The van der Waals surface area contributed by atoms with Gasteiger partial charge < -0.3 is 10.2 Å². The molecule has 2 aromatic carbocycles. The van der Waals surface area contributed by atoms with E-state index in [2.05, 4.69) is 27.2 Å². The van der Waals surface area contributed by atoms with Crippen LogP contribution in [0.25, 0.3) is 0 Å². The number of benzene rings is 2. The first kappa shape index (κ1) is 20.4. The molecule has 4 nitrogen and oxygen atoms in total. The maximum absolute atomic E-state index is 12.6. The van der Waals surface area contributed by atoms with Crippen LogP contribution in [0.1, 0.15) is 17.5 Å². The predicted octanol–water partition coefficient (Wildman–Crippen LogP) is 3.85. The van der Waals surface area contributed by atoms with Crippen molar-refractivity contribution in [1.82, 2.24) is 9.80 Å². The molecule has 3 rings (SSSR count). The van der Waals surface area contributed by atoms with Crippen LogP contribution in [0, 0.1) is 0 Å². The summed E-state index contributed by atoms with van der Waals surface area (Å²) in [6, 6.07) is 14.9. The van der Waals surface area contributed by atoms with Gasteiger partial charge in [0.25, 0.3) is 0 Å². The number of hydrogen-bond donors (Lipinski definition) is 1. The van der Waals surface area contributed by atoms with E-state index >= 15 is 0 Å². The van der Waals surface area contributed by atoms with Crippen LogP contribution in [0.5, 0.6) is 0 Å². The second-order valence-corrected chi connectivity index (χ2v) is 6.98. The molecule has 0 bridgehead atoms. The first-order chi connectivity index (χ1) is 13.4.